The van der Waals surface area contributed by atoms with Crippen molar-refractivity contribution < 1.29 is 0 Å². The zero-order chi connectivity index (χ0) is 10.2. The molecule has 0 unspecified atom stereocenters. The van der Waals surface area contributed by atoms with Crippen LogP contribution >= 0.6 is 22.7 Å². The molecule has 0 aliphatic carbocycles. The van der Waals surface area contributed by atoms with Crippen molar-refractivity contribution in [2.75, 3.05) is 0 Å². The second-order valence-corrected chi connectivity index (χ2v) is 6.42. The van der Waals surface area contributed by atoms with Gasteiger partial charge < -0.3 is 0 Å². The average Bonchev–Trinajstić information content (AvgIpc) is 2.73. The molecule has 2 aromatic rings. The van der Waals surface area contributed by atoms with Gasteiger partial charge in [-0.3, -0.25) is 0 Å². The third-order valence-electron chi connectivity index (χ3n) is 2.11. The minimum Gasteiger partial charge on any atom is -0.143 e. The molecule has 0 bridgehead atoms. The summed E-state index contributed by atoms with van der Waals surface area (Å²) in [5.41, 5.74) is 0.278. The van der Waals surface area contributed by atoms with E-state index >= 15 is 0 Å². The lowest BCUT2D eigenvalue weighted by molar-refractivity contribution is 0.604. The number of hydrogen-bond acceptors (Lipinski definition) is 2. The second kappa shape index (κ2) is 3.52. The molecular weight excluding hydrogens is 208 g/mol. The van der Waals surface area contributed by atoms with E-state index in [0.29, 0.717) is 0 Å². The van der Waals surface area contributed by atoms with Crippen LogP contribution in [-0.2, 0) is 5.41 Å². The topological polar surface area (TPSA) is 0 Å². The standard InChI is InChI=1S/C12H14S2/c1-12(2,3)11-7-6-10(14-11)9-5-4-8-13-9/h4-8H,1-3H3. The van der Waals surface area contributed by atoms with Gasteiger partial charge in [0, 0.05) is 14.6 Å². The van der Waals surface area contributed by atoms with Gasteiger partial charge in [-0.15, -0.1) is 22.7 Å². The molecule has 0 aliphatic heterocycles. The largest absolute Gasteiger partial charge is 0.143 e. The Labute approximate surface area is 93.2 Å². The van der Waals surface area contributed by atoms with Crippen LogP contribution in [-0.4, -0.2) is 0 Å². The maximum Gasteiger partial charge on any atom is 0.0445 e. The average molecular weight is 222 g/mol. The first-order chi connectivity index (χ1) is 6.57. The van der Waals surface area contributed by atoms with E-state index in [-0.39, 0.29) is 5.41 Å². The van der Waals surface area contributed by atoms with Gasteiger partial charge in [-0.2, -0.15) is 0 Å². The first kappa shape index (κ1) is 9.94. The molecule has 2 heterocycles. The Bertz CT molecular complexity index is 402. The number of hydrogen-bond donors (Lipinski definition) is 0. The Balaban J connectivity index is 2.36. The maximum absolute atomic E-state index is 2.26. The smallest absolute Gasteiger partial charge is 0.0445 e. The van der Waals surface area contributed by atoms with E-state index < -0.39 is 0 Å². The first-order valence-corrected chi connectivity index (χ1v) is 6.41. The lowest BCUT2D eigenvalue weighted by atomic mass is 9.95. The lowest BCUT2D eigenvalue weighted by Gasteiger charge is -2.15. The van der Waals surface area contributed by atoms with E-state index in [9.17, 15) is 0 Å². The highest BCUT2D eigenvalue weighted by Gasteiger charge is 2.16. The van der Waals surface area contributed by atoms with Gasteiger partial charge in [0.2, 0.25) is 0 Å². The van der Waals surface area contributed by atoms with Gasteiger partial charge in [-0.1, -0.05) is 26.8 Å². The molecule has 2 aromatic heterocycles. The van der Waals surface area contributed by atoms with Crippen LogP contribution in [0.5, 0.6) is 0 Å². The van der Waals surface area contributed by atoms with Gasteiger partial charge in [0.1, 0.15) is 0 Å². The van der Waals surface area contributed by atoms with Crippen LogP contribution in [0.2, 0.25) is 0 Å². The quantitative estimate of drug-likeness (QED) is 0.651. The van der Waals surface area contributed by atoms with Gasteiger partial charge in [-0.25, -0.2) is 0 Å². The van der Waals surface area contributed by atoms with Gasteiger partial charge in [0.25, 0.3) is 0 Å². The van der Waals surface area contributed by atoms with Gasteiger partial charge >= 0.3 is 0 Å². The molecule has 0 fully saturated rings. The first-order valence-electron chi connectivity index (χ1n) is 4.71. The van der Waals surface area contributed by atoms with Crippen LogP contribution < -0.4 is 0 Å². The zero-order valence-electron chi connectivity index (χ0n) is 8.70. The summed E-state index contributed by atoms with van der Waals surface area (Å²) in [4.78, 5) is 4.23. The monoisotopic (exact) mass is 222 g/mol. The highest BCUT2D eigenvalue weighted by Crippen LogP contribution is 2.36. The van der Waals surface area contributed by atoms with Crippen LogP contribution in [0, 0.1) is 0 Å². The summed E-state index contributed by atoms with van der Waals surface area (Å²) < 4.78 is 0. The normalized spacial score (nSPS) is 11.9. The Morgan fingerprint density at radius 1 is 1.00 bits per heavy atom. The summed E-state index contributed by atoms with van der Waals surface area (Å²) in [6, 6.07) is 8.77. The molecular formula is C12H14S2. The highest BCUT2D eigenvalue weighted by atomic mass is 32.1. The fourth-order valence-corrected chi connectivity index (χ4v) is 3.19. The van der Waals surface area contributed by atoms with E-state index in [1.165, 1.54) is 14.6 Å². The van der Waals surface area contributed by atoms with E-state index in [4.69, 9.17) is 0 Å². The van der Waals surface area contributed by atoms with E-state index in [2.05, 4.69) is 50.4 Å². The summed E-state index contributed by atoms with van der Waals surface area (Å²) in [6.07, 6.45) is 0. The Kier molecular flexibility index (Phi) is 2.50. The maximum atomic E-state index is 2.26. The number of thiophene rings is 2. The molecule has 2 heteroatoms. The third kappa shape index (κ3) is 1.91. The molecule has 74 valence electrons. The van der Waals surface area contributed by atoms with Crippen LogP contribution in [0.25, 0.3) is 9.75 Å². The summed E-state index contributed by atoms with van der Waals surface area (Å²) in [7, 11) is 0. The minimum atomic E-state index is 0.278. The van der Waals surface area contributed by atoms with Crippen molar-refractivity contribution in [3.05, 3.63) is 34.5 Å². The highest BCUT2D eigenvalue weighted by molar-refractivity contribution is 7.21. The summed E-state index contributed by atoms with van der Waals surface area (Å²) >= 11 is 3.72. The van der Waals surface area contributed by atoms with Crippen molar-refractivity contribution in [2.24, 2.45) is 0 Å². The predicted octanol–water partition coefficient (Wildman–Crippen LogP) is 4.77. The fourth-order valence-electron chi connectivity index (χ4n) is 1.29. The number of rotatable bonds is 1. The molecule has 0 amide bonds. The molecule has 0 aliphatic rings. The Morgan fingerprint density at radius 2 is 1.79 bits per heavy atom. The van der Waals surface area contributed by atoms with Crippen molar-refractivity contribution in [2.45, 2.75) is 26.2 Å². The molecule has 0 radical (unpaired) electrons. The van der Waals surface area contributed by atoms with Crippen molar-refractivity contribution in [3.8, 4) is 9.75 Å². The van der Waals surface area contributed by atoms with Crippen molar-refractivity contribution in [3.63, 3.8) is 0 Å². The van der Waals surface area contributed by atoms with Crippen molar-refractivity contribution in [1.29, 1.82) is 0 Å². The predicted molar refractivity (Wildman–Crippen MR) is 66.3 cm³/mol. The SMILES string of the molecule is CC(C)(C)c1ccc(-c2cccs2)s1. The van der Waals surface area contributed by atoms with Crippen LogP contribution in [0.3, 0.4) is 0 Å². The van der Waals surface area contributed by atoms with Crippen LogP contribution in [0.15, 0.2) is 29.6 Å². The summed E-state index contributed by atoms with van der Waals surface area (Å²) in [6.45, 7) is 6.78. The van der Waals surface area contributed by atoms with E-state index in [1.54, 1.807) is 0 Å². The molecule has 0 aromatic carbocycles. The van der Waals surface area contributed by atoms with Gasteiger partial charge in [0.05, 0.1) is 0 Å². The lowest BCUT2D eigenvalue weighted by Crippen LogP contribution is -2.07. The Hall–Kier alpha value is -0.600. The van der Waals surface area contributed by atoms with Crippen LogP contribution in [0.4, 0.5) is 0 Å². The summed E-state index contributed by atoms with van der Waals surface area (Å²) in [5.74, 6) is 0. The molecule has 0 spiro atoms. The van der Waals surface area contributed by atoms with Crippen molar-refractivity contribution in [1.82, 2.24) is 0 Å². The molecule has 2 rings (SSSR count). The molecule has 0 nitrogen and oxygen atoms in total. The molecule has 14 heavy (non-hydrogen) atoms. The van der Waals surface area contributed by atoms with E-state index in [0.717, 1.165) is 0 Å². The molecule has 0 N–H and O–H groups in total. The molecule has 0 saturated heterocycles. The van der Waals surface area contributed by atoms with Crippen LogP contribution in [0.1, 0.15) is 25.6 Å². The van der Waals surface area contributed by atoms with E-state index in [1.807, 2.05) is 22.7 Å². The molecule has 0 atom stereocenters. The minimum absolute atomic E-state index is 0.278. The Morgan fingerprint density at radius 3 is 2.29 bits per heavy atom. The summed E-state index contributed by atoms with van der Waals surface area (Å²) in [5, 5.41) is 2.13. The third-order valence-corrected chi connectivity index (χ3v) is 4.69. The van der Waals surface area contributed by atoms with Gasteiger partial charge in [-0.05, 0) is 29.0 Å². The van der Waals surface area contributed by atoms with Crippen molar-refractivity contribution >= 4 is 22.7 Å². The zero-order valence-corrected chi connectivity index (χ0v) is 10.3. The molecule has 0 saturated carbocycles. The fraction of sp³-hybridized carbons (Fsp3) is 0.333. The van der Waals surface area contributed by atoms with Gasteiger partial charge in [0.15, 0.2) is 0 Å². The second-order valence-electron chi connectivity index (χ2n) is 4.39.